The zero-order chi connectivity index (χ0) is 22.3. The Hall–Kier alpha value is -3.48. The molecule has 0 radical (unpaired) electrons. The van der Waals surface area contributed by atoms with Crippen LogP contribution in [0.4, 0.5) is 10.5 Å². The standard InChI is InChI=1S/C25H30N4O3/c1-32-20-13-11-19(12-14-20)27-24(30)23(29-25(31)28-18-7-3-2-4-8-18)15-17-16-26-22-10-6-5-9-21(17)22/h5-6,9-14,16,18,23,26H,2-4,7-8,15H2,1H3,(H,27,30)(H2,28,29,31)/t23-/m0/s1. The van der Waals surface area contributed by atoms with Gasteiger partial charge in [0.05, 0.1) is 7.11 Å². The van der Waals surface area contributed by atoms with Crippen molar-refractivity contribution in [3.8, 4) is 5.75 Å². The monoisotopic (exact) mass is 434 g/mol. The number of methoxy groups -OCH3 is 1. The van der Waals surface area contributed by atoms with Crippen molar-refractivity contribution in [2.45, 2.75) is 50.6 Å². The molecule has 1 heterocycles. The first kappa shape index (κ1) is 21.7. The molecule has 7 heteroatoms. The predicted molar refractivity (Wildman–Crippen MR) is 126 cm³/mol. The Balaban J connectivity index is 1.49. The van der Waals surface area contributed by atoms with E-state index < -0.39 is 6.04 Å². The van der Waals surface area contributed by atoms with E-state index in [0.29, 0.717) is 17.9 Å². The number of ether oxygens (including phenoxy) is 1. The van der Waals surface area contributed by atoms with Crippen molar-refractivity contribution in [2.75, 3.05) is 12.4 Å². The Labute approximate surface area is 187 Å². The van der Waals surface area contributed by atoms with Crippen LogP contribution in [-0.4, -0.2) is 36.1 Å². The first-order chi connectivity index (χ1) is 15.6. The van der Waals surface area contributed by atoms with Gasteiger partial charge in [0.2, 0.25) is 5.91 Å². The van der Waals surface area contributed by atoms with Gasteiger partial charge in [0.25, 0.3) is 0 Å². The molecule has 3 amide bonds. The summed E-state index contributed by atoms with van der Waals surface area (Å²) in [6.07, 6.45) is 7.72. The van der Waals surface area contributed by atoms with E-state index in [1.807, 2.05) is 30.5 Å². The SMILES string of the molecule is COc1ccc(NC(=O)[C@H](Cc2c[nH]c3ccccc23)NC(=O)NC2CCCCC2)cc1. The molecule has 0 spiro atoms. The van der Waals surface area contributed by atoms with Crippen LogP contribution in [0.15, 0.2) is 54.7 Å². The van der Waals surface area contributed by atoms with Gasteiger partial charge in [-0.15, -0.1) is 0 Å². The van der Waals surface area contributed by atoms with Gasteiger partial charge in [-0.05, 0) is 48.7 Å². The molecule has 0 aliphatic heterocycles. The maximum atomic E-state index is 13.2. The fourth-order valence-corrected chi connectivity index (χ4v) is 4.27. The topological polar surface area (TPSA) is 95.2 Å². The van der Waals surface area contributed by atoms with Crippen LogP contribution in [0.2, 0.25) is 0 Å². The lowest BCUT2D eigenvalue weighted by Crippen LogP contribution is -2.51. The van der Waals surface area contributed by atoms with E-state index >= 15 is 0 Å². The third-order valence-electron chi connectivity index (χ3n) is 6.02. The summed E-state index contributed by atoms with van der Waals surface area (Å²) in [7, 11) is 1.60. The van der Waals surface area contributed by atoms with E-state index in [2.05, 4.69) is 20.9 Å². The summed E-state index contributed by atoms with van der Waals surface area (Å²) in [5.41, 5.74) is 2.63. The van der Waals surface area contributed by atoms with Crippen LogP contribution in [0, 0.1) is 0 Å². The number of nitrogens with one attached hydrogen (secondary N) is 4. The lowest BCUT2D eigenvalue weighted by Gasteiger charge is -2.25. The number of H-pyrrole nitrogens is 1. The number of anilines is 1. The second kappa shape index (κ2) is 10.2. The lowest BCUT2D eigenvalue weighted by molar-refractivity contribution is -0.117. The Morgan fingerprint density at radius 1 is 1.06 bits per heavy atom. The van der Waals surface area contributed by atoms with Crippen LogP contribution in [0.1, 0.15) is 37.7 Å². The van der Waals surface area contributed by atoms with Gasteiger partial charge in [-0.3, -0.25) is 4.79 Å². The highest BCUT2D eigenvalue weighted by Gasteiger charge is 2.24. The molecule has 0 saturated heterocycles. The van der Waals surface area contributed by atoms with E-state index in [9.17, 15) is 9.59 Å². The Morgan fingerprint density at radius 3 is 2.56 bits per heavy atom. The fourth-order valence-electron chi connectivity index (χ4n) is 4.27. The molecule has 4 N–H and O–H groups in total. The fraction of sp³-hybridized carbons (Fsp3) is 0.360. The number of rotatable bonds is 7. The smallest absolute Gasteiger partial charge is 0.315 e. The van der Waals surface area contributed by atoms with Gasteiger partial charge in [-0.2, -0.15) is 0 Å². The number of hydrogen-bond donors (Lipinski definition) is 4. The van der Waals surface area contributed by atoms with Gasteiger partial charge < -0.3 is 25.7 Å². The number of aromatic nitrogens is 1. The molecule has 0 unspecified atom stereocenters. The largest absolute Gasteiger partial charge is 0.497 e. The van der Waals surface area contributed by atoms with Gasteiger partial charge in [-0.1, -0.05) is 37.5 Å². The quantitative estimate of drug-likeness (QED) is 0.445. The molecule has 1 aromatic heterocycles. The van der Waals surface area contributed by atoms with Crippen LogP contribution in [-0.2, 0) is 11.2 Å². The van der Waals surface area contributed by atoms with Gasteiger partial charge in [-0.25, -0.2) is 4.79 Å². The number of para-hydroxylation sites is 1. The second-order valence-corrected chi connectivity index (χ2v) is 8.29. The van der Waals surface area contributed by atoms with E-state index in [-0.39, 0.29) is 18.0 Å². The Bertz CT molecular complexity index is 1050. The predicted octanol–water partition coefficient (Wildman–Crippen LogP) is 4.36. The third kappa shape index (κ3) is 5.41. The third-order valence-corrected chi connectivity index (χ3v) is 6.02. The van der Waals surface area contributed by atoms with Crippen molar-refractivity contribution < 1.29 is 14.3 Å². The summed E-state index contributed by atoms with van der Waals surface area (Å²) in [4.78, 5) is 29.1. The van der Waals surface area contributed by atoms with Crippen molar-refractivity contribution in [3.05, 3.63) is 60.3 Å². The molecule has 1 aliphatic rings. The van der Waals surface area contributed by atoms with E-state index in [1.165, 1.54) is 6.42 Å². The van der Waals surface area contributed by atoms with Crippen LogP contribution in [0.5, 0.6) is 5.75 Å². The van der Waals surface area contributed by atoms with E-state index in [1.54, 1.807) is 31.4 Å². The summed E-state index contributed by atoms with van der Waals surface area (Å²) in [5.74, 6) is 0.447. The molecular weight excluding hydrogens is 404 g/mol. The minimum Gasteiger partial charge on any atom is -0.497 e. The van der Waals surface area contributed by atoms with Gasteiger partial charge in [0.1, 0.15) is 11.8 Å². The number of hydrogen-bond acceptors (Lipinski definition) is 3. The molecule has 1 atom stereocenters. The summed E-state index contributed by atoms with van der Waals surface area (Å²) in [5, 5.41) is 9.92. The summed E-state index contributed by atoms with van der Waals surface area (Å²) < 4.78 is 5.18. The number of amides is 3. The highest BCUT2D eigenvalue weighted by atomic mass is 16.5. The summed E-state index contributed by atoms with van der Waals surface area (Å²) in [6.45, 7) is 0. The van der Waals surface area contributed by atoms with Crippen LogP contribution in [0.25, 0.3) is 10.9 Å². The Kier molecular flexibility index (Phi) is 6.94. The molecule has 168 valence electrons. The summed E-state index contributed by atoms with van der Waals surface area (Å²) >= 11 is 0. The Morgan fingerprint density at radius 2 is 1.81 bits per heavy atom. The molecule has 1 aliphatic carbocycles. The normalized spacial score (nSPS) is 15.2. The van der Waals surface area contributed by atoms with E-state index in [0.717, 1.165) is 42.1 Å². The van der Waals surface area contributed by atoms with E-state index in [4.69, 9.17) is 4.74 Å². The molecule has 4 rings (SSSR count). The number of fused-ring (bicyclic) bond motifs is 1. The maximum Gasteiger partial charge on any atom is 0.315 e. The molecule has 3 aromatic rings. The van der Waals surface area contributed by atoms with Crippen LogP contribution >= 0.6 is 0 Å². The maximum absolute atomic E-state index is 13.2. The van der Waals surface area contributed by atoms with Crippen molar-refractivity contribution in [3.63, 3.8) is 0 Å². The lowest BCUT2D eigenvalue weighted by atomic mass is 9.96. The van der Waals surface area contributed by atoms with Crippen molar-refractivity contribution >= 4 is 28.5 Å². The van der Waals surface area contributed by atoms with Gasteiger partial charge in [0, 0.05) is 35.2 Å². The van der Waals surface area contributed by atoms with Crippen LogP contribution in [0.3, 0.4) is 0 Å². The molecule has 1 fully saturated rings. The van der Waals surface area contributed by atoms with Gasteiger partial charge >= 0.3 is 6.03 Å². The number of aromatic amines is 1. The molecule has 1 saturated carbocycles. The minimum absolute atomic E-state index is 0.169. The summed E-state index contributed by atoms with van der Waals surface area (Å²) in [6, 6.07) is 14.2. The second-order valence-electron chi connectivity index (χ2n) is 8.29. The first-order valence-corrected chi connectivity index (χ1v) is 11.2. The van der Waals surface area contributed by atoms with Crippen LogP contribution < -0.4 is 20.7 Å². The first-order valence-electron chi connectivity index (χ1n) is 11.2. The highest BCUT2D eigenvalue weighted by Crippen LogP contribution is 2.21. The van der Waals surface area contributed by atoms with Crippen molar-refractivity contribution in [1.29, 1.82) is 0 Å². The highest BCUT2D eigenvalue weighted by molar-refractivity contribution is 5.97. The molecule has 2 aromatic carbocycles. The van der Waals surface area contributed by atoms with Crippen molar-refractivity contribution in [2.24, 2.45) is 0 Å². The average Bonchev–Trinajstić information content (AvgIpc) is 3.22. The minimum atomic E-state index is -0.722. The zero-order valence-electron chi connectivity index (χ0n) is 18.3. The molecule has 32 heavy (non-hydrogen) atoms. The number of carbonyl (C=O) groups is 2. The number of carbonyl (C=O) groups excluding carboxylic acids is 2. The number of urea groups is 1. The molecule has 7 nitrogen and oxygen atoms in total. The zero-order valence-corrected chi connectivity index (χ0v) is 18.3. The molecule has 0 bridgehead atoms. The number of benzene rings is 2. The van der Waals surface area contributed by atoms with Gasteiger partial charge in [0.15, 0.2) is 0 Å². The average molecular weight is 435 g/mol. The molecular formula is C25H30N4O3. The van der Waals surface area contributed by atoms with Crippen molar-refractivity contribution in [1.82, 2.24) is 15.6 Å².